The van der Waals surface area contributed by atoms with Gasteiger partial charge in [-0.1, -0.05) is 6.07 Å². The van der Waals surface area contributed by atoms with Crippen molar-refractivity contribution in [2.75, 3.05) is 25.1 Å². The van der Waals surface area contributed by atoms with E-state index in [1.807, 2.05) is 19.9 Å². The standard InChI is InChI=1S/C20H20F2N2O5/c1-12-3-5-15(7-13(12)2)28-11-20(27)29-10-19(26)23-9-18(25)24-14-4-6-16(21)17(22)8-14/h3-8H,9-11H2,1-2H3,(H,23,26)(H,24,25). The maximum Gasteiger partial charge on any atom is 0.344 e. The second kappa shape index (κ2) is 10.2. The van der Waals surface area contributed by atoms with Crippen molar-refractivity contribution >= 4 is 23.5 Å². The number of amides is 2. The largest absolute Gasteiger partial charge is 0.482 e. The van der Waals surface area contributed by atoms with Crippen molar-refractivity contribution in [1.29, 1.82) is 0 Å². The fourth-order valence-electron chi connectivity index (χ4n) is 2.14. The number of rotatable bonds is 8. The van der Waals surface area contributed by atoms with Crippen LogP contribution < -0.4 is 15.4 Å². The Morgan fingerprint density at radius 2 is 1.66 bits per heavy atom. The van der Waals surface area contributed by atoms with Crippen LogP contribution in [0.5, 0.6) is 5.75 Å². The molecule has 0 unspecified atom stereocenters. The Labute approximate surface area is 166 Å². The first-order valence-electron chi connectivity index (χ1n) is 8.62. The summed E-state index contributed by atoms with van der Waals surface area (Å²) >= 11 is 0. The van der Waals surface area contributed by atoms with Crippen LogP contribution in [0.1, 0.15) is 11.1 Å². The number of benzene rings is 2. The van der Waals surface area contributed by atoms with Gasteiger partial charge in [0.1, 0.15) is 5.75 Å². The average Bonchev–Trinajstić information content (AvgIpc) is 2.68. The Morgan fingerprint density at radius 1 is 0.897 bits per heavy atom. The molecule has 0 fully saturated rings. The number of aryl methyl sites for hydroxylation is 2. The van der Waals surface area contributed by atoms with Gasteiger partial charge in [0.2, 0.25) is 5.91 Å². The van der Waals surface area contributed by atoms with Crippen molar-refractivity contribution in [3.63, 3.8) is 0 Å². The minimum absolute atomic E-state index is 0.0399. The molecule has 0 aliphatic heterocycles. The molecule has 9 heteroatoms. The lowest BCUT2D eigenvalue weighted by molar-refractivity contribution is -0.150. The highest BCUT2D eigenvalue weighted by atomic mass is 19.2. The number of carbonyl (C=O) groups is 3. The van der Waals surface area contributed by atoms with E-state index < -0.39 is 42.6 Å². The highest BCUT2D eigenvalue weighted by molar-refractivity contribution is 5.94. The number of anilines is 1. The lowest BCUT2D eigenvalue weighted by atomic mass is 10.1. The second-order valence-electron chi connectivity index (χ2n) is 6.15. The quantitative estimate of drug-likeness (QED) is 0.656. The molecule has 2 N–H and O–H groups in total. The first kappa shape index (κ1) is 21.8. The summed E-state index contributed by atoms with van der Waals surface area (Å²) in [5.41, 5.74) is 2.14. The number of hydrogen-bond donors (Lipinski definition) is 2. The summed E-state index contributed by atoms with van der Waals surface area (Å²) in [6.45, 7) is 2.46. The highest BCUT2D eigenvalue weighted by Gasteiger charge is 2.11. The molecule has 0 aromatic heterocycles. The van der Waals surface area contributed by atoms with Crippen LogP contribution in [0.25, 0.3) is 0 Å². The van der Waals surface area contributed by atoms with Gasteiger partial charge in [-0.3, -0.25) is 9.59 Å². The number of hydrogen-bond acceptors (Lipinski definition) is 5. The van der Waals surface area contributed by atoms with Crippen LogP contribution in [0.3, 0.4) is 0 Å². The summed E-state index contributed by atoms with van der Waals surface area (Å²) in [5, 5.41) is 4.52. The fraction of sp³-hybridized carbons (Fsp3) is 0.250. The number of carbonyl (C=O) groups excluding carboxylic acids is 3. The van der Waals surface area contributed by atoms with E-state index in [0.29, 0.717) is 5.75 Å². The highest BCUT2D eigenvalue weighted by Crippen LogP contribution is 2.16. The molecular formula is C20H20F2N2O5. The van der Waals surface area contributed by atoms with Crippen LogP contribution in [0.4, 0.5) is 14.5 Å². The maximum atomic E-state index is 13.1. The van der Waals surface area contributed by atoms with Crippen molar-refractivity contribution in [3.05, 3.63) is 59.2 Å². The summed E-state index contributed by atoms with van der Waals surface area (Å²) in [6.07, 6.45) is 0. The minimum atomic E-state index is -1.11. The molecule has 0 saturated heterocycles. The third kappa shape index (κ3) is 7.21. The molecule has 0 atom stereocenters. The van der Waals surface area contributed by atoms with Gasteiger partial charge in [-0.05, 0) is 49.2 Å². The Morgan fingerprint density at radius 3 is 2.34 bits per heavy atom. The molecule has 0 saturated carbocycles. The molecule has 2 aromatic carbocycles. The van der Waals surface area contributed by atoms with E-state index in [2.05, 4.69) is 10.6 Å². The number of ether oxygens (including phenoxy) is 2. The minimum Gasteiger partial charge on any atom is -0.482 e. The van der Waals surface area contributed by atoms with E-state index >= 15 is 0 Å². The molecule has 29 heavy (non-hydrogen) atoms. The summed E-state index contributed by atoms with van der Waals surface area (Å²) < 4.78 is 36.0. The van der Waals surface area contributed by atoms with Crippen LogP contribution in [-0.2, 0) is 19.1 Å². The molecule has 0 bridgehead atoms. The van der Waals surface area contributed by atoms with Gasteiger partial charge in [-0.25, -0.2) is 13.6 Å². The van der Waals surface area contributed by atoms with Gasteiger partial charge in [0.15, 0.2) is 24.8 Å². The second-order valence-corrected chi connectivity index (χ2v) is 6.15. The summed E-state index contributed by atoms with van der Waals surface area (Å²) in [4.78, 5) is 35.0. The predicted molar refractivity (Wildman–Crippen MR) is 100 cm³/mol. The SMILES string of the molecule is Cc1ccc(OCC(=O)OCC(=O)NCC(=O)Nc2ccc(F)c(F)c2)cc1C. The van der Waals surface area contributed by atoms with Crippen molar-refractivity contribution in [3.8, 4) is 5.75 Å². The topological polar surface area (TPSA) is 93.7 Å². The van der Waals surface area contributed by atoms with E-state index in [1.54, 1.807) is 12.1 Å². The van der Waals surface area contributed by atoms with E-state index in [4.69, 9.17) is 9.47 Å². The third-order valence-corrected chi connectivity index (χ3v) is 3.85. The number of halogens is 2. The summed E-state index contributed by atoms with van der Waals surface area (Å²) in [5.74, 6) is -3.76. The van der Waals surface area contributed by atoms with E-state index in [1.165, 1.54) is 6.07 Å². The molecule has 0 aliphatic carbocycles. The molecule has 0 radical (unpaired) electrons. The maximum absolute atomic E-state index is 13.1. The van der Waals surface area contributed by atoms with E-state index in [9.17, 15) is 23.2 Å². The van der Waals surface area contributed by atoms with Crippen molar-refractivity contribution in [2.45, 2.75) is 13.8 Å². The molecule has 0 heterocycles. The molecular weight excluding hydrogens is 386 g/mol. The molecule has 7 nitrogen and oxygen atoms in total. The van der Waals surface area contributed by atoms with Crippen LogP contribution >= 0.6 is 0 Å². The van der Waals surface area contributed by atoms with Gasteiger partial charge in [-0.2, -0.15) is 0 Å². The van der Waals surface area contributed by atoms with Gasteiger partial charge >= 0.3 is 5.97 Å². The lowest BCUT2D eigenvalue weighted by Crippen LogP contribution is -2.36. The smallest absolute Gasteiger partial charge is 0.344 e. The van der Waals surface area contributed by atoms with Crippen LogP contribution in [0.15, 0.2) is 36.4 Å². The molecule has 2 amide bonds. The van der Waals surface area contributed by atoms with Crippen LogP contribution in [0.2, 0.25) is 0 Å². The third-order valence-electron chi connectivity index (χ3n) is 3.85. The lowest BCUT2D eigenvalue weighted by Gasteiger charge is -2.09. The van der Waals surface area contributed by atoms with Gasteiger partial charge in [-0.15, -0.1) is 0 Å². The van der Waals surface area contributed by atoms with Gasteiger partial charge in [0.05, 0.1) is 6.54 Å². The normalized spacial score (nSPS) is 10.2. The summed E-state index contributed by atoms with van der Waals surface area (Å²) in [7, 11) is 0. The molecule has 0 spiro atoms. The van der Waals surface area contributed by atoms with Gasteiger partial charge in [0.25, 0.3) is 5.91 Å². The zero-order valence-corrected chi connectivity index (χ0v) is 15.9. The van der Waals surface area contributed by atoms with Crippen molar-refractivity contribution in [2.24, 2.45) is 0 Å². The monoisotopic (exact) mass is 406 g/mol. The first-order chi connectivity index (χ1) is 13.7. The van der Waals surface area contributed by atoms with E-state index in [-0.39, 0.29) is 12.3 Å². The molecule has 2 rings (SSSR count). The summed E-state index contributed by atoms with van der Waals surface area (Å²) in [6, 6.07) is 8.20. The zero-order valence-electron chi connectivity index (χ0n) is 15.9. The number of esters is 1. The Balaban J connectivity index is 1.66. The molecule has 154 valence electrons. The number of nitrogens with one attached hydrogen (secondary N) is 2. The Bertz CT molecular complexity index is 918. The average molecular weight is 406 g/mol. The molecule has 2 aromatic rings. The van der Waals surface area contributed by atoms with Crippen LogP contribution in [0, 0.1) is 25.5 Å². The van der Waals surface area contributed by atoms with Gasteiger partial charge in [0, 0.05) is 11.8 Å². The Hall–Kier alpha value is -3.49. The Kier molecular flexibility index (Phi) is 7.64. The van der Waals surface area contributed by atoms with Gasteiger partial charge < -0.3 is 20.1 Å². The van der Waals surface area contributed by atoms with Crippen molar-refractivity contribution in [1.82, 2.24) is 5.32 Å². The van der Waals surface area contributed by atoms with E-state index in [0.717, 1.165) is 23.3 Å². The van der Waals surface area contributed by atoms with Crippen LogP contribution in [-0.4, -0.2) is 37.5 Å². The predicted octanol–water partition coefficient (Wildman–Crippen LogP) is 2.26. The fourth-order valence-corrected chi connectivity index (χ4v) is 2.14. The zero-order chi connectivity index (χ0) is 21.4. The first-order valence-corrected chi connectivity index (χ1v) is 8.62. The molecule has 0 aliphatic rings. The van der Waals surface area contributed by atoms with Crippen molar-refractivity contribution < 1.29 is 32.6 Å².